The quantitative estimate of drug-likeness (QED) is 0.633. The first-order valence-electron chi connectivity index (χ1n) is 9.19. The minimum Gasteiger partial charge on any atom is -0.316 e. The van der Waals surface area contributed by atoms with Gasteiger partial charge < -0.3 is 4.57 Å². The average Bonchev–Trinajstić information content (AvgIpc) is 3.03. The highest BCUT2D eigenvalue weighted by Gasteiger charge is 2.17. The lowest BCUT2D eigenvalue weighted by atomic mass is 10.1. The third kappa shape index (κ3) is 4.10. The molecule has 0 N–H and O–H groups in total. The lowest BCUT2D eigenvalue weighted by molar-refractivity contribution is -0.117. The molecule has 0 atom stereocenters. The zero-order valence-electron chi connectivity index (χ0n) is 16.5. The summed E-state index contributed by atoms with van der Waals surface area (Å²) in [6, 6.07) is 10.8. The minimum atomic E-state index is -3.50. The predicted octanol–water partition coefficient (Wildman–Crippen LogP) is 3.94. The fourth-order valence-corrected chi connectivity index (χ4v) is 5.59. The Morgan fingerprint density at radius 1 is 1.04 bits per heavy atom. The molecule has 1 amide bonds. The van der Waals surface area contributed by atoms with E-state index >= 15 is 0 Å². The van der Waals surface area contributed by atoms with Crippen LogP contribution in [0.4, 0.5) is 0 Å². The average molecular weight is 417 g/mol. The van der Waals surface area contributed by atoms with Crippen LogP contribution in [0.1, 0.15) is 30.0 Å². The first kappa shape index (κ1) is 20.5. The lowest BCUT2D eigenvalue weighted by Crippen LogP contribution is -2.17. The summed E-state index contributed by atoms with van der Waals surface area (Å²) >= 11 is 1.47. The molecule has 3 rings (SSSR count). The van der Waals surface area contributed by atoms with Crippen molar-refractivity contribution in [2.45, 2.75) is 45.6 Å². The number of carbonyl (C=O) groups excluding carboxylic acids is 1. The molecule has 28 heavy (non-hydrogen) atoms. The molecule has 1 aromatic heterocycles. The summed E-state index contributed by atoms with van der Waals surface area (Å²) < 4.78 is 28.0. The van der Waals surface area contributed by atoms with Gasteiger partial charge in [0, 0.05) is 13.0 Å². The van der Waals surface area contributed by atoms with Gasteiger partial charge in [0.15, 0.2) is 14.6 Å². The SMILES string of the molecule is CCn1c(=NC(=O)CCS(=O)(=O)c2ccc(C)cc2)sc2c(C)ccc(C)c21. The molecule has 0 radical (unpaired) electrons. The van der Waals surface area contributed by atoms with E-state index in [9.17, 15) is 13.2 Å². The van der Waals surface area contributed by atoms with Gasteiger partial charge in [0.05, 0.1) is 20.9 Å². The molecular formula is C21H24N2O3S2. The Morgan fingerprint density at radius 3 is 2.32 bits per heavy atom. The molecule has 0 aliphatic rings. The largest absolute Gasteiger partial charge is 0.316 e. The topological polar surface area (TPSA) is 68.5 Å². The molecule has 0 unspecified atom stereocenters. The van der Waals surface area contributed by atoms with Gasteiger partial charge in [-0.05, 0) is 51.0 Å². The Kier molecular flexibility index (Phi) is 5.86. The van der Waals surface area contributed by atoms with Crippen LogP contribution in [0.5, 0.6) is 0 Å². The summed E-state index contributed by atoms with van der Waals surface area (Å²) in [5.41, 5.74) is 4.36. The van der Waals surface area contributed by atoms with E-state index in [1.54, 1.807) is 24.3 Å². The van der Waals surface area contributed by atoms with Crippen molar-refractivity contribution >= 4 is 37.3 Å². The molecule has 0 aliphatic carbocycles. The van der Waals surface area contributed by atoms with Crippen LogP contribution in [0.3, 0.4) is 0 Å². The Morgan fingerprint density at radius 2 is 1.68 bits per heavy atom. The van der Waals surface area contributed by atoms with Gasteiger partial charge in [-0.1, -0.05) is 41.2 Å². The maximum atomic E-state index is 12.5. The minimum absolute atomic E-state index is 0.133. The van der Waals surface area contributed by atoms with Crippen molar-refractivity contribution in [3.8, 4) is 0 Å². The van der Waals surface area contributed by atoms with E-state index in [2.05, 4.69) is 17.1 Å². The highest BCUT2D eigenvalue weighted by atomic mass is 32.2. The normalized spacial score (nSPS) is 12.6. The molecular weight excluding hydrogens is 392 g/mol. The lowest BCUT2D eigenvalue weighted by Gasteiger charge is -2.05. The van der Waals surface area contributed by atoms with Crippen molar-refractivity contribution < 1.29 is 13.2 Å². The Hall–Kier alpha value is -2.25. The van der Waals surface area contributed by atoms with E-state index in [0.29, 0.717) is 11.3 Å². The molecule has 1 heterocycles. The Balaban J connectivity index is 1.88. The van der Waals surface area contributed by atoms with Crippen molar-refractivity contribution in [2.24, 2.45) is 4.99 Å². The van der Waals surface area contributed by atoms with Crippen molar-refractivity contribution in [1.82, 2.24) is 4.57 Å². The Labute approximate surface area is 169 Å². The van der Waals surface area contributed by atoms with Crippen LogP contribution in [-0.2, 0) is 21.2 Å². The first-order valence-corrected chi connectivity index (χ1v) is 11.7. The van der Waals surface area contributed by atoms with Crippen LogP contribution >= 0.6 is 11.3 Å². The number of carbonyl (C=O) groups is 1. The van der Waals surface area contributed by atoms with E-state index in [1.807, 2.05) is 32.3 Å². The smallest absolute Gasteiger partial charge is 0.249 e. The number of aryl methyl sites for hydroxylation is 4. The maximum Gasteiger partial charge on any atom is 0.249 e. The monoisotopic (exact) mass is 416 g/mol. The molecule has 0 fully saturated rings. The van der Waals surface area contributed by atoms with Gasteiger partial charge in [-0.15, -0.1) is 0 Å². The molecule has 0 saturated carbocycles. The summed E-state index contributed by atoms with van der Waals surface area (Å²) in [5, 5.41) is 0. The highest BCUT2D eigenvalue weighted by Crippen LogP contribution is 2.24. The first-order chi connectivity index (χ1) is 13.2. The number of hydrogen-bond donors (Lipinski definition) is 0. The highest BCUT2D eigenvalue weighted by molar-refractivity contribution is 7.91. The summed E-state index contributed by atoms with van der Waals surface area (Å²) in [6.45, 7) is 8.69. The van der Waals surface area contributed by atoms with Gasteiger partial charge >= 0.3 is 0 Å². The van der Waals surface area contributed by atoms with Crippen LogP contribution < -0.4 is 4.80 Å². The Bertz CT molecular complexity index is 1200. The molecule has 0 saturated heterocycles. The molecule has 0 bridgehead atoms. The molecule has 148 valence electrons. The summed E-state index contributed by atoms with van der Waals surface area (Å²) in [4.78, 5) is 17.5. The van der Waals surface area contributed by atoms with Gasteiger partial charge in [0.25, 0.3) is 0 Å². The third-order valence-corrected chi connectivity index (χ3v) is 7.67. The van der Waals surface area contributed by atoms with E-state index in [1.165, 1.54) is 11.3 Å². The standard InChI is InChI=1S/C21H24N2O3S2/c1-5-23-19-15(3)8-9-16(4)20(19)27-21(23)22-18(24)12-13-28(25,26)17-10-6-14(2)7-11-17/h6-11H,5,12-13H2,1-4H3. The number of hydrogen-bond acceptors (Lipinski definition) is 4. The van der Waals surface area contributed by atoms with E-state index in [0.717, 1.165) is 26.9 Å². The summed E-state index contributed by atoms with van der Waals surface area (Å²) in [6.07, 6.45) is -0.133. The summed E-state index contributed by atoms with van der Waals surface area (Å²) in [5.74, 6) is -0.659. The van der Waals surface area contributed by atoms with Crippen molar-refractivity contribution in [1.29, 1.82) is 0 Å². The fraction of sp³-hybridized carbons (Fsp3) is 0.333. The van der Waals surface area contributed by atoms with Crippen LogP contribution in [0.25, 0.3) is 10.2 Å². The van der Waals surface area contributed by atoms with E-state index < -0.39 is 15.7 Å². The van der Waals surface area contributed by atoms with Crippen molar-refractivity contribution in [2.75, 3.05) is 5.75 Å². The van der Waals surface area contributed by atoms with E-state index in [-0.39, 0.29) is 17.1 Å². The third-order valence-electron chi connectivity index (χ3n) is 4.73. The number of sulfone groups is 1. The zero-order chi connectivity index (χ0) is 20.5. The molecule has 5 nitrogen and oxygen atoms in total. The van der Waals surface area contributed by atoms with Gasteiger partial charge in [-0.3, -0.25) is 4.79 Å². The maximum absolute atomic E-state index is 12.5. The van der Waals surface area contributed by atoms with Gasteiger partial charge in [0.2, 0.25) is 5.91 Å². The van der Waals surface area contributed by atoms with Gasteiger partial charge in [-0.2, -0.15) is 4.99 Å². The van der Waals surface area contributed by atoms with Gasteiger partial charge in [0.1, 0.15) is 0 Å². The van der Waals surface area contributed by atoms with Gasteiger partial charge in [-0.25, -0.2) is 8.42 Å². The zero-order valence-corrected chi connectivity index (χ0v) is 18.2. The molecule has 0 spiro atoms. The van der Waals surface area contributed by atoms with Crippen LogP contribution in [0, 0.1) is 20.8 Å². The van der Waals surface area contributed by atoms with Crippen molar-refractivity contribution in [3.63, 3.8) is 0 Å². The number of rotatable bonds is 5. The second-order valence-electron chi connectivity index (χ2n) is 6.89. The van der Waals surface area contributed by atoms with E-state index in [4.69, 9.17) is 0 Å². The number of thiazole rings is 1. The predicted molar refractivity (Wildman–Crippen MR) is 113 cm³/mol. The molecule has 3 aromatic rings. The second-order valence-corrected chi connectivity index (χ2v) is 9.98. The molecule has 7 heteroatoms. The molecule has 0 aliphatic heterocycles. The second kappa shape index (κ2) is 8.01. The molecule has 2 aromatic carbocycles. The number of fused-ring (bicyclic) bond motifs is 1. The van der Waals surface area contributed by atoms with Crippen molar-refractivity contribution in [3.05, 3.63) is 57.9 Å². The number of aromatic nitrogens is 1. The number of benzene rings is 2. The van der Waals surface area contributed by atoms with Crippen LogP contribution in [-0.4, -0.2) is 24.6 Å². The fourth-order valence-electron chi connectivity index (χ4n) is 3.10. The number of nitrogens with zero attached hydrogens (tertiary/aromatic N) is 2. The number of amides is 1. The summed E-state index contributed by atoms with van der Waals surface area (Å²) in [7, 11) is -3.50. The van der Waals surface area contributed by atoms with Crippen LogP contribution in [0.2, 0.25) is 0 Å². The van der Waals surface area contributed by atoms with Crippen LogP contribution in [0.15, 0.2) is 46.3 Å².